The summed E-state index contributed by atoms with van der Waals surface area (Å²) in [7, 11) is 0. The quantitative estimate of drug-likeness (QED) is 0.198. The van der Waals surface area contributed by atoms with Gasteiger partial charge in [0.15, 0.2) is 0 Å². The smallest absolute Gasteiger partial charge is 0.374 e. The summed E-state index contributed by atoms with van der Waals surface area (Å²) in [5, 5.41) is 17.5. The molecule has 0 fully saturated rings. The average molecular weight is 520 g/mol. The predicted molar refractivity (Wildman–Crippen MR) is 111 cm³/mol. The first kappa shape index (κ1) is 26.3. The zero-order valence-corrected chi connectivity index (χ0v) is 18.5. The van der Waals surface area contributed by atoms with Crippen LogP contribution in [0.2, 0.25) is 0 Å². The second-order valence-electron chi connectivity index (χ2n) is 6.65. The summed E-state index contributed by atoms with van der Waals surface area (Å²) in [5.74, 6) is -8.90. The van der Waals surface area contributed by atoms with Crippen molar-refractivity contribution in [2.24, 2.45) is 0 Å². The van der Waals surface area contributed by atoms with Crippen LogP contribution in [0.15, 0.2) is 49.6 Å². The Morgan fingerprint density at radius 2 is 0.676 bits per heavy atom. The molecule has 0 spiro atoms. The van der Waals surface area contributed by atoms with Gasteiger partial charge < -0.3 is 42.4 Å². The number of furan rings is 3. The lowest BCUT2D eigenvalue weighted by atomic mass is 10.4. The number of carbonyl (C=O) groups excluding carboxylic acids is 4. The Balaban J connectivity index is 1.35. The molecule has 0 unspecified atom stereocenters. The van der Waals surface area contributed by atoms with Crippen molar-refractivity contribution in [1.82, 2.24) is 0 Å². The van der Waals surface area contributed by atoms with E-state index in [0.29, 0.717) is 0 Å². The summed E-state index contributed by atoms with van der Waals surface area (Å²) in [6.45, 7) is -1.52. The number of carbonyl (C=O) groups is 6. The van der Waals surface area contributed by atoms with Crippen molar-refractivity contribution < 1.29 is 71.2 Å². The van der Waals surface area contributed by atoms with Crippen molar-refractivity contribution in [2.45, 2.75) is 0 Å². The highest BCUT2D eigenvalue weighted by Crippen LogP contribution is 2.12. The van der Waals surface area contributed by atoms with E-state index in [1.54, 1.807) is 0 Å². The van der Waals surface area contributed by atoms with Gasteiger partial charge in [-0.2, -0.15) is 0 Å². The molecule has 0 radical (unpaired) electrons. The van der Waals surface area contributed by atoms with Crippen LogP contribution in [-0.2, 0) is 18.9 Å². The van der Waals surface area contributed by atoms with Crippen molar-refractivity contribution in [1.29, 1.82) is 0 Å². The molecule has 15 heteroatoms. The molecule has 3 rings (SSSR count). The van der Waals surface area contributed by atoms with E-state index in [4.69, 9.17) is 42.4 Å². The highest BCUT2D eigenvalue weighted by atomic mass is 16.6. The number of rotatable bonds is 12. The van der Waals surface area contributed by atoms with Crippen molar-refractivity contribution in [3.05, 3.63) is 71.0 Å². The van der Waals surface area contributed by atoms with Crippen LogP contribution in [0.4, 0.5) is 0 Å². The molecule has 37 heavy (non-hydrogen) atoms. The van der Waals surface area contributed by atoms with Gasteiger partial charge in [-0.25, -0.2) is 28.8 Å². The van der Waals surface area contributed by atoms with E-state index in [1.807, 2.05) is 0 Å². The van der Waals surface area contributed by atoms with E-state index in [2.05, 4.69) is 0 Å². The normalized spacial score (nSPS) is 10.4. The summed E-state index contributed by atoms with van der Waals surface area (Å²) in [5.41, 5.74) is 0. The molecule has 0 saturated carbocycles. The Morgan fingerprint density at radius 3 is 0.892 bits per heavy atom. The zero-order chi connectivity index (χ0) is 26.9. The maximum atomic E-state index is 12.0. The summed E-state index contributed by atoms with van der Waals surface area (Å²) in [6, 6.07) is 6.65. The minimum Gasteiger partial charge on any atom is -0.475 e. The topological polar surface area (TPSA) is 219 Å². The van der Waals surface area contributed by atoms with E-state index in [0.717, 1.165) is 36.4 Å². The standard InChI is InChI=1S/C22H16O15/c23-17(24)11-1-3-13(35-11)19(27)31-7-9-33-21(29)15-5-6-16(37-15)22(30)34-10-8-32-20(28)14-4-2-12(36-14)18(25)26/h1-6H,7-10H2,(H,23,24)(H,25,26). The number of hydrogen-bond donors (Lipinski definition) is 2. The lowest BCUT2D eigenvalue weighted by molar-refractivity contribution is 0.0205. The molecule has 0 aliphatic rings. The van der Waals surface area contributed by atoms with Crippen LogP contribution in [0, 0.1) is 0 Å². The fraction of sp³-hybridized carbons (Fsp3) is 0.182. The highest BCUT2D eigenvalue weighted by Gasteiger charge is 2.20. The van der Waals surface area contributed by atoms with Gasteiger partial charge in [-0.3, -0.25) is 0 Å². The number of carboxylic acid groups (broad SMARTS) is 2. The van der Waals surface area contributed by atoms with E-state index in [1.165, 1.54) is 0 Å². The van der Waals surface area contributed by atoms with Gasteiger partial charge in [0.05, 0.1) is 0 Å². The van der Waals surface area contributed by atoms with Gasteiger partial charge >= 0.3 is 35.8 Å². The van der Waals surface area contributed by atoms with Crippen LogP contribution in [0.25, 0.3) is 0 Å². The summed E-state index contributed by atoms with van der Waals surface area (Å²) < 4.78 is 33.8. The molecule has 0 saturated heterocycles. The van der Waals surface area contributed by atoms with E-state index >= 15 is 0 Å². The van der Waals surface area contributed by atoms with Crippen LogP contribution in [0.5, 0.6) is 0 Å². The molecule has 0 amide bonds. The molecule has 0 aliphatic heterocycles. The zero-order valence-electron chi connectivity index (χ0n) is 18.5. The summed E-state index contributed by atoms with van der Waals surface area (Å²) >= 11 is 0. The summed E-state index contributed by atoms with van der Waals surface area (Å²) in [4.78, 5) is 68.9. The molecular weight excluding hydrogens is 504 g/mol. The first-order chi connectivity index (χ1) is 17.7. The molecule has 0 bridgehead atoms. The second kappa shape index (κ2) is 11.9. The molecule has 0 aromatic carbocycles. The highest BCUT2D eigenvalue weighted by molar-refractivity contribution is 5.92. The van der Waals surface area contributed by atoms with Crippen LogP contribution in [0.1, 0.15) is 63.3 Å². The molecule has 0 aliphatic carbocycles. The fourth-order valence-corrected chi connectivity index (χ4v) is 2.50. The van der Waals surface area contributed by atoms with E-state index in [9.17, 15) is 28.8 Å². The number of esters is 4. The summed E-state index contributed by atoms with van der Waals surface area (Å²) in [6.07, 6.45) is 0. The molecule has 3 heterocycles. The first-order valence-electron chi connectivity index (χ1n) is 10.1. The van der Waals surface area contributed by atoms with Crippen LogP contribution >= 0.6 is 0 Å². The van der Waals surface area contributed by atoms with Gasteiger partial charge in [0, 0.05) is 0 Å². The molecule has 15 nitrogen and oxygen atoms in total. The third-order valence-corrected chi connectivity index (χ3v) is 4.14. The minimum atomic E-state index is -1.36. The molecule has 3 aromatic heterocycles. The Bertz CT molecular complexity index is 1220. The Morgan fingerprint density at radius 1 is 0.459 bits per heavy atom. The molecular formula is C22H16O15. The van der Waals surface area contributed by atoms with Gasteiger partial charge in [-0.05, 0) is 36.4 Å². The number of aromatic carboxylic acids is 2. The lowest BCUT2D eigenvalue weighted by Crippen LogP contribution is -2.14. The number of carboxylic acids is 2. The van der Waals surface area contributed by atoms with E-state index in [-0.39, 0.29) is 49.5 Å². The predicted octanol–water partition coefficient (Wildman–Crippen LogP) is 1.89. The third kappa shape index (κ3) is 7.08. The molecule has 3 aromatic rings. The average Bonchev–Trinajstić information content (AvgIpc) is 3.64. The van der Waals surface area contributed by atoms with Crippen molar-refractivity contribution >= 4 is 35.8 Å². The van der Waals surface area contributed by atoms with Gasteiger partial charge in [0.1, 0.15) is 26.4 Å². The first-order valence-corrected chi connectivity index (χ1v) is 10.1. The Labute approximate surface area is 205 Å². The molecule has 194 valence electrons. The van der Waals surface area contributed by atoms with Crippen LogP contribution in [-0.4, -0.2) is 72.5 Å². The largest absolute Gasteiger partial charge is 0.475 e. The Hall–Kier alpha value is -5.34. The van der Waals surface area contributed by atoms with Crippen molar-refractivity contribution in [2.75, 3.05) is 26.4 Å². The molecule has 0 atom stereocenters. The van der Waals surface area contributed by atoms with Crippen LogP contribution < -0.4 is 0 Å². The van der Waals surface area contributed by atoms with Gasteiger partial charge in [-0.1, -0.05) is 0 Å². The second-order valence-corrected chi connectivity index (χ2v) is 6.65. The molecule has 2 N–H and O–H groups in total. The number of hydrogen-bond acceptors (Lipinski definition) is 13. The monoisotopic (exact) mass is 520 g/mol. The third-order valence-electron chi connectivity index (χ3n) is 4.14. The van der Waals surface area contributed by atoms with Gasteiger partial charge in [0.25, 0.3) is 0 Å². The van der Waals surface area contributed by atoms with Crippen molar-refractivity contribution in [3.63, 3.8) is 0 Å². The Kier molecular flexibility index (Phi) is 8.43. The fourth-order valence-electron chi connectivity index (χ4n) is 2.50. The SMILES string of the molecule is O=C(O)c1ccc(C(=O)OCCOC(=O)c2ccc(C(=O)OCCOC(=O)c3ccc(C(=O)O)o3)o2)o1. The minimum absolute atomic E-state index is 0.346. The lowest BCUT2D eigenvalue weighted by Gasteiger charge is -2.05. The van der Waals surface area contributed by atoms with Crippen LogP contribution in [0.3, 0.4) is 0 Å². The van der Waals surface area contributed by atoms with E-state index < -0.39 is 47.3 Å². The maximum absolute atomic E-state index is 12.0. The maximum Gasteiger partial charge on any atom is 0.374 e. The van der Waals surface area contributed by atoms with Crippen molar-refractivity contribution in [3.8, 4) is 0 Å². The number of ether oxygens (including phenoxy) is 4. The van der Waals surface area contributed by atoms with Gasteiger partial charge in [0.2, 0.25) is 34.6 Å². The van der Waals surface area contributed by atoms with Gasteiger partial charge in [-0.15, -0.1) is 0 Å².